The van der Waals surface area contributed by atoms with Crippen LogP contribution in [0.25, 0.3) is 11.1 Å². The number of hydrogen-bond acceptors (Lipinski definition) is 2. The predicted octanol–water partition coefficient (Wildman–Crippen LogP) is 5.27. The Kier molecular flexibility index (Phi) is 4.54. The SMILES string of the molecule is FC(F)(F)Oc1cccc(-c2ccc(I)nc2C(F)(F)F)c1. The molecule has 0 aliphatic heterocycles. The van der Waals surface area contributed by atoms with Gasteiger partial charge in [-0.15, -0.1) is 13.2 Å². The van der Waals surface area contributed by atoms with Crippen molar-refractivity contribution in [3.05, 3.63) is 45.8 Å². The summed E-state index contributed by atoms with van der Waals surface area (Å²) in [4.78, 5) is 3.42. The van der Waals surface area contributed by atoms with Crippen molar-refractivity contribution in [3.63, 3.8) is 0 Å². The molecule has 0 N–H and O–H groups in total. The second kappa shape index (κ2) is 5.94. The van der Waals surface area contributed by atoms with Gasteiger partial charge in [0.05, 0.1) is 0 Å². The molecule has 0 saturated heterocycles. The molecular weight excluding hydrogens is 427 g/mol. The van der Waals surface area contributed by atoms with E-state index in [0.29, 0.717) is 0 Å². The third-order valence-corrected chi connectivity index (χ3v) is 3.11. The Morgan fingerprint density at radius 1 is 0.955 bits per heavy atom. The Bertz CT molecular complexity index is 683. The molecule has 0 spiro atoms. The lowest BCUT2D eigenvalue weighted by atomic mass is 10.0. The lowest BCUT2D eigenvalue weighted by molar-refractivity contribution is -0.274. The van der Waals surface area contributed by atoms with Crippen LogP contribution in [-0.4, -0.2) is 11.3 Å². The topological polar surface area (TPSA) is 22.1 Å². The summed E-state index contributed by atoms with van der Waals surface area (Å²) in [6, 6.07) is 6.81. The standard InChI is InChI=1S/C13H6F6INO/c14-12(15,16)11-9(4-5-10(20)21-11)7-2-1-3-8(6-7)22-13(17,18)19/h1-6H. The number of alkyl halides is 6. The number of ether oxygens (including phenoxy) is 1. The van der Waals surface area contributed by atoms with Gasteiger partial charge in [0.1, 0.15) is 9.45 Å². The van der Waals surface area contributed by atoms with E-state index in [-0.39, 0.29) is 14.8 Å². The molecule has 0 saturated carbocycles. The van der Waals surface area contributed by atoms with Gasteiger partial charge in [0.25, 0.3) is 0 Å². The molecule has 2 nitrogen and oxygen atoms in total. The molecule has 0 amide bonds. The second-order valence-corrected chi connectivity index (χ2v) is 5.21. The first-order valence-electron chi connectivity index (χ1n) is 5.66. The number of pyridine rings is 1. The van der Waals surface area contributed by atoms with E-state index >= 15 is 0 Å². The highest BCUT2D eigenvalue weighted by molar-refractivity contribution is 14.1. The van der Waals surface area contributed by atoms with Crippen LogP contribution in [0, 0.1) is 3.70 Å². The predicted molar refractivity (Wildman–Crippen MR) is 74.1 cm³/mol. The summed E-state index contributed by atoms with van der Waals surface area (Å²) >= 11 is 1.62. The fourth-order valence-electron chi connectivity index (χ4n) is 1.75. The van der Waals surface area contributed by atoms with E-state index in [4.69, 9.17) is 0 Å². The number of benzene rings is 1. The highest BCUT2D eigenvalue weighted by Crippen LogP contribution is 2.37. The lowest BCUT2D eigenvalue weighted by Gasteiger charge is -2.14. The summed E-state index contributed by atoms with van der Waals surface area (Å²) in [5.41, 5.74) is -1.55. The van der Waals surface area contributed by atoms with Gasteiger partial charge in [0, 0.05) is 5.56 Å². The first-order chi connectivity index (χ1) is 10.1. The number of halogens is 7. The minimum absolute atomic E-state index is 0.0713. The van der Waals surface area contributed by atoms with E-state index in [1.54, 1.807) is 22.6 Å². The summed E-state index contributed by atoms with van der Waals surface area (Å²) in [6.45, 7) is 0. The van der Waals surface area contributed by atoms with Crippen molar-refractivity contribution < 1.29 is 31.1 Å². The maximum absolute atomic E-state index is 13.0. The van der Waals surface area contributed by atoms with Crippen molar-refractivity contribution in [2.75, 3.05) is 0 Å². The molecule has 9 heteroatoms. The molecule has 22 heavy (non-hydrogen) atoms. The Labute approximate surface area is 134 Å². The van der Waals surface area contributed by atoms with Crippen molar-refractivity contribution in [3.8, 4) is 16.9 Å². The summed E-state index contributed by atoms with van der Waals surface area (Å²) in [5, 5.41) is 0. The number of rotatable bonds is 2. The maximum atomic E-state index is 13.0. The van der Waals surface area contributed by atoms with E-state index in [1.807, 2.05) is 0 Å². The van der Waals surface area contributed by atoms with Gasteiger partial charge < -0.3 is 4.74 Å². The molecule has 2 aromatic rings. The number of hydrogen-bond donors (Lipinski definition) is 0. The largest absolute Gasteiger partial charge is 0.573 e. The van der Waals surface area contributed by atoms with E-state index in [0.717, 1.165) is 18.2 Å². The Morgan fingerprint density at radius 2 is 1.64 bits per heavy atom. The fraction of sp³-hybridized carbons (Fsp3) is 0.154. The zero-order valence-electron chi connectivity index (χ0n) is 10.5. The van der Waals surface area contributed by atoms with Gasteiger partial charge in [0.2, 0.25) is 0 Å². The molecule has 2 rings (SSSR count). The Balaban J connectivity index is 2.51. The lowest BCUT2D eigenvalue weighted by Crippen LogP contribution is -2.17. The quantitative estimate of drug-likeness (QED) is 0.366. The molecule has 0 fully saturated rings. The van der Waals surface area contributed by atoms with Gasteiger partial charge in [-0.25, -0.2) is 4.98 Å². The van der Waals surface area contributed by atoms with E-state index < -0.39 is 24.0 Å². The fourth-order valence-corrected chi connectivity index (χ4v) is 2.17. The highest BCUT2D eigenvalue weighted by Gasteiger charge is 2.36. The molecule has 0 bridgehead atoms. The zero-order valence-corrected chi connectivity index (χ0v) is 12.6. The minimum Gasteiger partial charge on any atom is -0.406 e. The first-order valence-corrected chi connectivity index (χ1v) is 6.74. The van der Waals surface area contributed by atoms with Crippen molar-refractivity contribution in [2.45, 2.75) is 12.5 Å². The summed E-state index contributed by atoms with van der Waals surface area (Å²) in [5.74, 6) is -0.600. The molecule has 0 radical (unpaired) electrons. The van der Waals surface area contributed by atoms with E-state index in [1.165, 1.54) is 18.2 Å². The Morgan fingerprint density at radius 3 is 2.23 bits per heavy atom. The molecular formula is C13H6F6INO. The average Bonchev–Trinajstić information content (AvgIpc) is 2.36. The van der Waals surface area contributed by atoms with Crippen LogP contribution in [0.3, 0.4) is 0 Å². The molecule has 1 aromatic carbocycles. The van der Waals surface area contributed by atoms with Gasteiger partial charge in [-0.05, 0) is 52.4 Å². The normalized spacial score (nSPS) is 12.3. The zero-order chi connectivity index (χ0) is 16.5. The monoisotopic (exact) mass is 433 g/mol. The van der Waals surface area contributed by atoms with Crippen LogP contribution >= 0.6 is 22.6 Å². The van der Waals surface area contributed by atoms with Crippen LogP contribution in [0.5, 0.6) is 5.75 Å². The first kappa shape index (κ1) is 16.8. The summed E-state index contributed by atoms with van der Waals surface area (Å²) in [6.07, 6.45) is -9.65. The average molecular weight is 433 g/mol. The van der Waals surface area contributed by atoms with Crippen LogP contribution in [0.4, 0.5) is 26.3 Å². The highest BCUT2D eigenvalue weighted by atomic mass is 127. The van der Waals surface area contributed by atoms with Gasteiger partial charge >= 0.3 is 12.5 Å². The van der Waals surface area contributed by atoms with Crippen molar-refractivity contribution >= 4 is 22.6 Å². The molecule has 1 heterocycles. The number of nitrogens with zero attached hydrogens (tertiary/aromatic N) is 1. The van der Waals surface area contributed by atoms with Gasteiger partial charge in [-0.2, -0.15) is 13.2 Å². The molecule has 0 unspecified atom stereocenters. The van der Waals surface area contributed by atoms with Crippen LogP contribution in [0.1, 0.15) is 5.69 Å². The number of aromatic nitrogens is 1. The third kappa shape index (κ3) is 4.24. The van der Waals surface area contributed by atoms with Crippen LogP contribution < -0.4 is 4.74 Å². The van der Waals surface area contributed by atoms with Crippen molar-refractivity contribution in [2.24, 2.45) is 0 Å². The minimum atomic E-state index is -4.92. The molecule has 1 aromatic heterocycles. The van der Waals surface area contributed by atoms with E-state index in [9.17, 15) is 26.3 Å². The molecule has 118 valence electrons. The molecule has 0 aliphatic rings. The van der Waals surface area contributed by atoms with Gasteiger partial charge in [-0.3, -0.25) is 0 Å². The summed E-state index contributed by atoms with van der Waals surface area (Å²) < 4.78 is 79.4. The van der Waals surface area contributed by atoms with Crippen molar-refractivity contribution in [1.82, 2.24) is 4.98 Å². The van der Waals surface area contributed by atoms with Crippen molar-refractivity contribution in [1.29, 1.82) is 0 Å². The molecule has 0 aliphatic carbocycles. The summed E-state index contributed by atoms with van der Waals surface area (Å²) in [7, 11) is 0. The molecule has 0 atom stereocenters. The van der Waals surface area contributed by atoms with Crippen LogP contribution in [0.15, 0.2) is 36.4 Å². The van der Waals surface area contributed by atoms with Gasteiger partial charge in [0.15, 0.2) is 5.69 Å². The smallest absolute Gasteiger partial charge is 0.406 e. The van der Waals surface area contributed by atoms with Crippen LogP contribution in [0.2, 0.25) is 0 Å². The van der Waals surface area contributed by atoms with Gasteiger partial charge in [-0.1, -0.05) is 12.1 Å². The van der Waals surface area contributed by atoms with E-state index in [2.05, 4.69) is 9.72 Å². The third-order valence-electron chi connectivity index (χ3n) is 2.51. The maximum Gasteiger partial charge on any atom is 0.573 e. The van der Waals surface area contributed by atoms with Crippen LogP contribution in [-0.2, 0) is 6.18 Å². The Hall–Kier alpha value is -1.52. The second-order valence-electron chi connectivity index (χ2n) is 4.10.